The molecule has 0 aromatic heterocycles. The molecule has 1 atom stereocenters. The number of hydrogen-bond acceptors (Lipinski definition) is 2. The highest BCUT2D eigenvalue weighted by atomic mass is 127. The average molecular weight is 422 g/mol. The topological polar surface area (TPSA) is 39.7 Å². The van der Waals surface area contributed by atoms with Crippen molar-refractivity contribution in [3.05, 3.63) is 35.1 Å². The van der Waals surface area contributed by atoms with E-state index in [2.05, 4.69) is 29.5 Å². The fourth-order valence-electron chi connectivity index (χ4n) is 1.92. The van der Waals surface area contributed by atoms with E-state index in [4.69, 9.17) is 0 Å². The lowest BCUT2D eigenvalue weighted by Crippen LogP contribution is -2.41. The number of benzene rings is 1. The number of nitrogens with one attached hydrogen (secondary N) is 2. The van der Waals surface area contributed by atoms with Crippen LogP contribution >= 0.6 is 24.0 Å². The van der Waals surface area contributed by atoms with E-state index in [0.29, 0.717) is 24.7 Å². The Hall–Kier alpha value is -0.890. The minimum absolute atomic E-state index is 0. The van der Waals surface area contributed by atoms with Gasteiger partial charge in [0.2, 0.25) is 0 Å². The lowest BCUT2D eigenvalue weighted by molar-refractivity contribution is 0.392. The minimum Gasteiger partial charge on any atom is -0.354 e. The fraction of sp³-hybridized carbons (Fsp3) is 0.562. The second-order valence-corrected chi connectivity index (χ2v) is 5.54. The van der Waals surface area contributed by atoms with E-state index in [1.54, 1.807) is 13.1 Å². The fourth-order valence-corrected chi connectivity index (χ4v) is 1.92. The number of hydrogen-bond donors (Lipinski definition) is 2. The molecule has 0 aliphatic carbocycles. The maximum Gasteiger partial charge on any atom is 0.191 e. The van der Waals surface area contributed by atoms with Crippen LogP contribution < -0.4 is 10.6 Å². The van der Waals surface area contributed by atoms with Gasteiger partial charge in [-0.1, -0.05) is 13.0 Å². The van der Waals surface area contributed by atoms with E-state index >= 15 is 0 Å². The zero-order valence-electron chi connectivity index (χ0n) is 14.1. The van der Waals surface area contributed by atoms with Crippen LogP contribution in [0.1, 0.15) is 31.4 Å². The zero-order chi connectivity index (χ0) is 15.8. The summed E-state index contributed by atoms with van der Waals surface area (Å²) in [7, 11) is 5.62. The molecule has 126 valence electrons. The average Bonchev–Trinajstić information content (AvgIpc) is 2.45. The number of aliphatic imine (C=N–C) groups is 1. The van der Waals surface area contributed by atoms with Crippen molar-refractivity contribution in [2.24, 2.45) is 4.99 Å². The molecule has 0 saturated carbocycles. The quantitative estimate of drug-likeness (QED) is 0.421. The van der Waals surface area contributed by atoms with Crippen molar-refractivity contribution in [2.75, 3.05) is 21.1 Å². The highest BCUT2D eigenvalue weighted by molar-refractivity contribution is 14.0. The second kappa shape index (κ2) is 10.8. The molecule has 0 aliphatic heterocycles. The summed E-state index contributed by atoms with van der Waals surface area (Å²) in [6.07, 6.45) is 1.03. The van der Waals surface area contributed by atoms with Gasteiger partial charge in [-0.25, -0.2) is 4.39 Å². The van der Waals surface area contributed by atoms with Crippen LogP contribution in [0, 0.1) is 5.82 Å². The summed E-state index contributed by atoms with van der Waals surface area (Å²) in [4.78, 5) is 6.15. The molecule has 2 N–H and O–H groups in total. The number of rotatable bonds is 6. The Bertz CT molecular complexity index is 477. The molecule has 0 fully saturated rings. The first-order valence-corrected chi connectivity index (χ1v) is 7.35. The predicted molar refractivity (Wildman–Crippen MR) is 102 cm³/mol. The van der Waals surface area contributed by atoms with Crippen LogP contribution in [0.4, 0.5) is 4.39 Å². The van der Waals surface area contributed by atoms with Crippen molar-refractivity contribution >= 4 is 29.9 Å². The van der Waals surface area contributed by atoms with Crippen molar-refractivity contribution < 1.29 is 4.39 Å². The number of nitrogens with zero attached hydrogens (tertiary/aromatic N) is 2. The van der Waals surface area contributed by atoms with Gasteiger partial charge in [-0.2, -0.15) is 0 Å². The molecular formula is C16H28FIN4. The summed E-state index contributed by atoms with van der Waals surface area (Å²) >= 11 is 0. The van der Waals surface area contributed by atoms with Crippen LogP contribution in [-0.4, -0.2) is 38.0 Å². The SMILES string of the molecule is CCC(C)NC(=NC)NCc1ccc(F)c(CN(C)C)c1.I. The van der Waals surface area contributed by atoms with Crippen molar-refractivity contribution in [3.8, 4) is 0 Å². The standard InChI is InChI=1S/C16H27FN4.HI/c1-6-12(2)20-16(18-3)19-10-13-7-8-15(17)14(9-13)11-21(4)5;/h7-9,12H,6,10-11H2,1-5H3,(H2,18,19,20);1H. The third-order valence-corrected chi connectivity index (χ3v) is 3.28. The molecule has 0 aliphatic rings. The van der Waals surface area contributed by atoms with E-state index in [0.717, 1.165) is 17.9 Å². The smallest absolute Gasteiger partial charge is 0.191 e. The highest BCUT2D eigenvalue weighted by Gasteiger charge is 2.06. The van der Waals surface area contributed by atoms with Gasteiger partial charge >= 0.3 is 0 Å². The molecule has 1 aromatic carbocycles. The van der Waals surface area contributed by atoms with E-state index in [9.17, 15) is 4.39 Å². The van der Waals surface area contributed by atoms with Gasteiger partial charge in [-0.15, -0.1) is 24.0 Å². The first kappa shape index (κ1) is 21.1. The molecule has 4 nitrogen and oxygen atoms in total. The molecule has 0 heterocycles. The van der Waals surface area contributed by atoms with Crippen LogP contribution in [0.15, 0.2) is 23.2 Å². The van der Waals surface area contributed by atoms with Gasteiger partial charge < -0.3 is 15.5 Å². The molecule has 1 rings (SSSR count). The van der Waals surface area contributed by atoms with Crippen LogP contribution in [0.2, 0.25) is 0 Å². The van der Waals surface area contributed by atoms with Gasteiger partial charge in [0, 0.05) is 31.7 Å². The Balaban J connectivity index is 0.00000441. The normalized spacial score (nSPS) is 12.8. The summed E-state index contributed by atoms with van der Waals surface area (Å²) in [6, 6.07) is 5.60. The summed E-state index contributed by atoms with van der Waals surface area (Å²) in [5.74, 6) is 0.609. The molecule has 0 amide bonds. The third-order valence-electron chi connectivity index (χ3n) is 3.28. The predicted octanol–water partition coefficient (Wildman–Crippen LogP) is 2.97. The van der Waals surface area contributed by atoms with Gasteiger partial charge in [0.25, 0.3) is 0 Å². The second-order valence-electron chi connectivity index (χ2n) is 5.54. The molecule has 0 bridgehead atoms. The first-order chi connectivity index (χ1) is 9.96. The van der Waals surface area contributed by atoms with Gasteiger partial charge in [-0.3, -0.25) is 4.99 Å². The van der Waals surface area contributed by atoms with Gasteiger partial charge in [0.05, 0.1) is 0 Å². The van der Waals surface area contributed by atoms with E-state index in [1.807, 2.05) is 25.1 Å². The van der Waals surface area contributed by atoms with Crippen LogP contribution in [-0.2, 0) is 13.1 Å². The van der Waals surface area contributed by atoms with E-state index in [-0.39, 0.29) is 29.8 Å². The van der Waals surface area contributed by atoms with Crippen LogP contribution in [0.25, 0.3) is 0 Å². The van der Waals surface area contributed by atoms with Gasteiger partial charge in [0.15, 0.2) is 5.96 Å². The largest absolute Gasteiger partial charge is 0.354 e. The van der Waals surface area contributed by atoms with Gasteiger partial charge in [-0.05, 0) is 45.1 Å². The Kier molecular flexibility index (Phi) is 10.3. The Morgan fingerprint density at radius 1 is 1.36 bits per heavy atom. The molecule has 1 unspecified atom stereocenters. The Morgan fingerprint density at radius 2 is 2.05 bits per heavy atom. The summed E-state index contributed by atoms with van der Waals surface area (Å²) in [5, 5.41) is 6.56. The minimum atomic E-state index is -0.158. The lowest BCUT2D eigenvalue weighted by Gasteiger charge is -2.17. The zero-order valence-corrected chi connectivity index (χ0v) is 16.4. The molecule has 22 heavy (non-hydrogen) atoms. The maximum atomic E-state index is 13.7. The Morgan fingerprint density at radius 3 is 2.59 bits per heavy atom. The third kappa shape index (κ3) is 7.40. The van der Waals surface area contributed by atoms with Crippen molar-refractivity contribution in [1.29, 1.82) is 0 Å². The summed E-state index contributed by atoms with van der Waals surface area (Å²) in [5.41, 5.74) is 1.75. The maximum absolute atomic E-state index is 13.7. The molecule has 6 heteroatoms. The lowest BCUT2D eigenvalue weighted by atomic mass is 10.1. The van der Waals surface area contributed by atoms with Crippen LogP contribution in [0.3, 0.4) is 0 Å². The first-order valence-electron chi connectivity index (χ1n) is 7.35. The van der Waals surface area contributed by atoms with Crippen molar-refractivity contribution in [3.63, 3.8) is 0 Å². The van der Waals surface area contributed by atoms with Crippen molar-refractivity contribution in [1.82, 2.24) is 15.5 Å². The molecule has 0 spiro atoms. The summed E-state index contributed by atoms with van der Waals surface area (Å²) in [6.45, 7) is 5.45. The number of guanidine groups is 1. The van der Waals surface area contributed by atoms with E-state index in [1.165, 1.54) is 6.07 Å². The van der Waals surface area contributed by atoms with Crippen LogP contribution in [0.5, 0.6) is 0 Å². The molecular weight excluding hydrogens is 394 g/mol. The van der Waals surface area contributed by atoms with E-state index < -0.39 is 0 Å². The Labute approximate surface area is 150 Å². The molecule has 0 radical (unpaired) electrons. The van der Waals surface area contributed by atoms with Crippen molar-refractivity contribution in [2.45, 2.75) is 39.4 Å². The van der Waals surface area contributed by atoms with Gasteiger partial charge in [0.1, 0.15) is 5.82 Å². The number of halogens is 2. The molecule has 1 aromatic rings. The monoisotopic (exact) mass is 422 g/mol. The highest BCUT2D eigenvalue weighted by Crippen LogP contribution is 2.12. The molecule has 0 saturated heterocycles. The summed E-state index contributed by atoms with van der Waals surface area (Å²) < 4.78 is 13.7.